The van der Waals surface area contributed by atoms with Crippen LogP contribution in [0.25, 0.3) is 5.52 Å². The summed E-state index contributed by atoms with van der Waals surface area (Å²) in [4.78, 5) is 28.6. The smallest absolute Gasteiger partial charge is 0.255 e. The minimum absolute atomic E-state index is 0.0102. The second kappa shape index (κ2) is 9.68. The van der Waals surface area contributed by atoms with Crippen LogP contribution >= 0.6 is 0 Å². The number of primary amides is 1. The van der Waals surface area contributed by atoms with E-state index in [2.05, 4.69) is 15.4 Å². The van der Waals surface area contributed by atoms with Crippen molar-refractivity contribution >= 4 is 17.3 Å². The number of nitrogens with two attached hydrogens (primary N) is 1. The molecule has 3 aromatic heterocycles. The van der Waals surface area contributed by atoms with Crippen LogP contribution < -0.4 is 20.5 Å². The van der Waals surface area contributed by atoms with Crippen LogP contribution in [0.15, 0.2) is 42.9 Å². The van der Waals surface area contributed by atoms with Gasteiger partial charge < -0.3 is 25.6 Å². The predicted molar refractivity (Wildman–Crippen MR) is 124 cm³/mol. The number of amides is 2. The van der Waals surface area contributed by atoms with Gasteiger partial charge in [0.1, 0.15) is 24.0 Å². The molecule has 1 aliphatic carbocycles. The Labute approximate surface area is 197 Å². The molecule has 3 aromatic rings. The first-order valence-electron chi connectivity index (χ1n) is 11.2. The Bertz CT molecular complexity index is 1180. The molecule has 0 radical (unpaired) electrons. The number of fused-ring (bicyclic) bond motifs is 1. The van der Waals surface area contributed by atoms with E-state index < -0.39 is 11.5 Å². The number of carbonyl (C=O) groups excluding carboxylic acids is 2. The molecule has 3 heterocycles. The van der Waals surface area contributed by atoms with Gasteiger partial charge >= 0.3 is 0 Å². The lowest BCUT2D eigenvalue weighted by atomic mass is 9.92. The van der Waals surface area contributed by atoms with Crippen molar-refractivity contribution in [2.45, 2.75) is 57.3 Å². The fraction of sp³-hybridized carbons (Fsp3) is 0.417. The van der Waals surface area contributed by atoms with Crippen molar-refractivity contribution < 1.29 is 24.2 Å². The van der Waals surface area contributed by atoms with E-state index >= 15 is 0 Å². The van der Waals surface area contributed by atoms with E-state index in [-0.39, 0.29) is 36.1 Å². The highest BCUT2D eigenvalue weighted by atomic mass is 16.5. The first-order valence-corrected chi connectivity index (χ1v) is 11.2. The van der Waals surface area contributed by atoms with Gasteiger partial charge in [0, 0.05) is 12.2 Å². The summed E-state index contributed by atoms with van der Waals surface area (Å²) in [6.45, 7) is 3.47. The number of aromatic nitrogens is 3. The van der Waals surface area contributed by atoms with Crippen molar-refractivity contribution in [3.63, 3.8) is 0 Å². The Hall–Kier alpha value is -3.66. The maximum absolute atomic E-state index is 12.9. The number of rotatable bonds is 8. The molecule has 0 atom stereocenters. The minimum Gasteiger partial charge on any atom is -0.489 e. The average Bonchev–Trinajstić information content (AvgIpc) is 3.22. The molecule has 2 amide bonds. The fourth-order valence-electron chi connectivity index (χ4n) is 3.90. The molecular formula is C24H29N5O5. The Morgan fingerprint density at radius 1 is 1.21 bits per heavy atom. The molecule has 1 aliphatic rings. The fourth-order valence-corrected chi connectivity index (χ4v) is 3.90. The van der Waals surface area contributed by atoms with E-state index in [1.165, 1.54) is 6.20 Å². The molecule has 1 fully saturated rings. The molecule has 0 saturated heterocycles. The molecule has 0 aliphatic heterocycles. The molecule has 10 heteroatoms. The number of nitrogens with one attached hydrogen (secondary N) is 1. The van der Waals surface area contributed by atoms with Gasteiger partial charge in [-0.05, 0) is 63.8 Å². The SMILES string of the molecule is CC(C)(O)COc1ccc2c(C(=O)NC3CCC(Oc4ncccc4C(N)=O)CC3)cnn2c1. The summed E-state index contributed by atoms with van der Waals surface area (Å²) in [5.41, 5.74) is 5.85. The first kappa shape index (κ1) is 23.5. The number of nitrogens with zero attached hydrogens (tertiary/aromatic N) is 3. The van der Waals surface area contributed by atoms with Crippen molar-refractivity contribution in [3.8, 4) is 11.6 Å². The molecule has 10 nitrogen and oxygen atoms in total. The summed E-state index contributed by atoms with van der Waals surface area (Å²) >= 11 is 0. The number of carbonyl (C=O) groups is 2. The van der Waals surface area contributed by atoms with E-state index in [9.17, 15) is 14.7 Å². The maximum atomic E-state index is 12.9. The van der Waals surface area contributed by atoms with Crippen molar-refractivity contribution in [2.24, 2.45) is 5.73 Å². The van der Waals surface area contributed by atoms with E-state index in [1.807, 2.05) is 0 Å². The number of hydrogen-bond acceptors (Lipinski definition) is 7. The lowest BCUT2D eigenvalue weighted by Crippen LogP contribution is -2.39. The molecule has 1 saturated carbocycles. The number of ether oxygens (including phenoxy) is 2. The standard InChI is InChI=1S/C24H29N5O5/c1-24(2,32)14-33-17-9-10-20-19(12-27-29(20)13-17)22(31)28-15-5-7-16(8-6-15)34-23-18(21(25)30)4-3-11-26-23/h3-4,9-13,15-16,32H,5-8,14H2,1-2H3,(H2,25,30)(H,28,31). The Morgan fingerprint density at radius 3 is 2.68 bits per heavy atom. The van der Waals surface area contributed by atoms with Crippen LogP contribution in [0.2, 0.25) is 0 Å². The Morgan fingerprint density at radius 2 is 1.97 bits per heavy atom. The van der Waals surface area contributed by atoms with Crippen LogP contribution in [-0.4, -0.2) is 55.9 Å². The van der Waals surface area contributed by atoms with Crippen LogP contribution in [0.1, 0.15) is 60.2 Å². The van der Waals surface area contributed by atoms with Gasteiger partial charge in [-0.15, -0.1) is 0 Å². The molecule has 34 heavy (non-hydrogen) atoms. The number of hydrogen-bond donors (Lipinski definition) is 3. The average molecular weight is 468 g/mol. The maximum Gasteiger partial charge on any atom is 0.255 e. The van der Waals surface area contributed by atoms with Gasteiger partial charge in [-0.1, -0.05) is 0 Å². The van der Waals surface area contributed by atoms with Crippen molar-refractivity contribution in [1.29, 1.82) is 0 Å². The second-order valence-corrected chi connectivity index (χ2v) is 9.14. The van der Waals surface area contributed by atoms with Gasteiger partial charge in [0.15, 0.2) is 0 Å². The third-order valence-corrected chi connectivity index (χ3v) is 5.65. The van der Waals surface area contributed by atoms with Crippen molar-refractivity contribution in [2.75, 3.05) is 6.61 Å². The summed E-state index contributed by atoms with van der Waals surface area (Å²) in [6.07, 6.45) is 7.59. The van der Waals surface area contributed by atoms with Crippen LogP contribution in [0.5, 0.6) is 11.6 Å². The van der Waals surface area contributed by atoms with Crippen LogP contribution in [0.3, 0.4) is 0 Å². The monoisotopic (exact) mass is 467 g/mol. The third kappa shape index (κ3) is 5.63. The summed E-state index contributed by atoms with van der Waals surface area (Å²) in [5, 5.41) is 17.2. The van der Waals surface area contributed by atoms with E-state index in [1.54, 1.807) is 55.0 Å². The molecule has 4 rings (SSSR count). The number of pyridine rings is 2. The molecule has 0 bridgehead atoms. The normalized spacial score (nSPS) is 18.4. The highest BCUT2D eigenvalue weighted by Gasteiger charge is 2.26. The highest BCUT2D eigenvalue weighted by Crippen LogP contribution is 2.25. The molecule has 4 N–H and O–H groups in total. The van der Waals surface area contributed by atoms with Gasteiger partial charge in [0.25, 0.3) is 11.8 Å². The lowest BCUT2D eigenvalue weighted by molar-refractivity contribution is 0.0283. The van der Waals surface area contributed by atoms with Crippen molar-refractivity contribution in [3.05, 3.63) is 54.0 Å². The van der Waals surface area contributed by atoms with Gasteiger partial charge in [0.2, 0.25) is 5.88 Å². The second-order valence-electron chi connectivity index (χ2n) is 9.14. The zero-order valence-corrected chi connectivity index (χ0v) is 19.2. The summed E-state index contributed by atoms with van der Waals surface area (Å²) in [5.74, 6) is 0.0359. The van der Waals surface area contributed by atoms with E-state index in [4.69, 9.17) is 15.2 Å². The van der Waals surface area contributed by atoms with Gasteiger partial charge in [-0.3, -0.25) is 9.59 Å². The highest BCUT2D eigenvalue weighted by molar-refractivity contribution is 6.00. The van der Waals surface area contributed by atoms with Crippen LogP contribution in [0, 0.1) is 0 Å². The van der Waals surface area contributed by atoms with Gasteiger partial charge in [0.05, 0.1) is 29.1 Å². The van der Waals surface area contributed by atoms with Gasteiger partial charge in [-0.2, -0.15) is 5.10 Å². The lowest BCUT2D eigenvalue weighted by Gasteiger charge is -2.29. The summed E-state index contributed by atoms with van der Waals surface area (Å²) < 4.78 is 13.1. The zero-order valence-electron chi connectivity index (χ0n) is 19.2. The van der Waals surface area contributed by atoms with Crippen LogP contribution in [-0.2, 0) is 0 Å². The predicted octanol–water partition coefficient (Wildman–Crippen LogP) is 2.10. The summed E-state index contributed by atoms with van der Waals surface area (Å²) in [6, 6.07) is 6.77. The van der Waals surface area contributed by atoms with Gasteiger partial charge in [-0.25, -0.2) is 9.50 Å². The molecule has 0 unspecified atom stereocenters. The minimum atomic E-state index is -0.949. The summed E-state index contributed by atoms with van der Waals surface area (Å²) in [7, 11) is 0. The largest absolute Gasteiger partial charge is 0.489 e. The van der Waals surface area contributed by atoms with E-state index in [0.717, 1.165) is 25.7 Å². The van der Waals surface area contributed by atoms with E-state index in [0.29, 0.717) is 16.8 Å². The van der Waals surface area contributed by atoms with Crippen LogP contribution in [0.4, 0.5) is 0 Å². The quantitative estimate of drug-likeness (QED) is 0.461. The number of aliphatic hydroxyl groups is 1. The zero-order chi connectivity index (χ0) is 24.3. The third-order valence-electron chi connectivity index (χ3n) is 5.65. The first-order chi connectivity index (χ1) is 16.2. The molecule has 0 aromatic carbocycles. The molecule has 180 valence electrons. The van der Waals surface area contributed by atoms with Crippen molar-refractivity contribution in [1.82, 2.24) is 19.9 Å². The molecule has 0 spiro atoms. The Balaban J connectivity index is 1.33. The molecular weight excluding hydrogens is 438 g/mol. The topological polar surface area (TPSA) is 141 Å². The Kier molecular flexibility index (Phi) is 6.69.